The Morgan fingerprint density at radius 1 is 1.12 bits per heavy atom. The van der Waals surface area contributed by atoms with E-state index in [1.165, 1.54) is 24.5 Å². The van der Waals surface area contributed by atoms with Crippen molar-refractivity contribution >= 4 is 11.7 Å². The summed E-state index contributed by atoms with van der Waals surface area (Å²) >= 11 is 0. The van der Waals surface area contributed by atoms with Crippen LogP contribution in [0.1, 0.15) is 37.3 Å². The second kappa shape index (κ2) is 11.3. The molecule has 2 aromatic rings. The first-order valence-electron chi connectivity index (χ1n) is 12.3. The van der Waals surface area contributed by atoms with Gasteiger partial charge in [0, 0.05) is 44.5 Å². The first kappa shape index (κ1) is 24.0. The molecule has 2 saturated heterocycles. The van der Waals surface area contributed by atoms with Crippen molar-refractivity contribution in [1.29, 1.82) is 5.26 Å². The topological polar surface area (TPSA) is 62.6 Å². The highest BCUT2D eigenvalue weighted by atomic mass is 19.1. The van der Waals surface area contributed by atoms with Crippen LogP contribution in [0.2, 0.25) is 0 Å². The highest BCUT2D eigenvalue weighted by Crippen LogP contribution is 2.23. The van der Waals surface area contributed by atoms with Crippen LogP contribution >= 0.6 is 0 Å². The molecule has 2 heterocycles. The molecule has 0 unspecified atom stereocenters. The number of halogens is 1. The first-order valence-corrected chi connectivity index (χ1v) is 12.3. The number of hydrogen-bond donors (Lipinski definition) is 1. The van der Waals surface area contributed by atoms with Crippen molar-refractivity contribution in [1.82, 2.24) is 15.1 Å². The summed E-state index contributed by atoms with van der Waals surface area (Å²) in [6, 6.07) is 17.2. The van der Waals surface area contributed by atoms with Crippen molar-refractivity contribution in [2.24, 2.45) is 5.92 Å². The minimum Gasteiger partial charge on any atom is -0.368 e. The summed E-state index contributed by atoms with van der Waals surface area (Å²) in [5, 5.41) is 12.2. The maximum absolute atomic E-state index is 13.6. The number of urea groups is 1. The fraction of sp³-hybridized carbons (Fsp3) is 0.481. The third-order valence-corrected chi connectivity index (χ3v) is 7.11. The second-order valence-electron chi connectivity index (χ2n) is 9.49. The number of nitriles is 1. The van der Waals surface area contributed by atoms with Gasteiger partial charge in [-0.05, 0) is 69.0 Å². The number of piperazine rings is 1. The van der Waals surface area contributed by atoms with E-state index in [0.29, 0.717) is 32.1 Å². The number of carbonyl (C=O) groups is 1. The average molecular weight is 464 g/mol. The molecule has 4 rings (SSSR count). The Labute approximate surface area is 201 Å². The maximum atomic E-state index is 13.6. The number of benzene rings is 2. The van der Waals surface area contributed by atoms with Crippen molar-refractivity contribution in [3.63, 3.8) is 0 Å². The van der Waals surface area contributed by atoms with Crippen molar-refractivity contribution < 1.29 is 9.18 Å². The van der Waals surface area contributed by atoms with Gasteiger partial charge in [0.1, 0.15) is 11.9 Å². The second-order valence-corrected chi connectivity index (χ2v) is 9.49. The number of rotatable bonds is 6. The molecule has 2 aliphatic rings. The van der Waals surface area contributed by atoms with E-state index in [0.717, 1.165) is 31.7 Å². The summed E-state index contributed by atoms with van der Waals surface area (Å²) in [6.45, 7) is 7.90. The SMILES string of the molecule is C[C@H]1CN(c2ccc(F)c(C#N)c2)CCN1C(=O)NCCC1CCN(Cc2ccccc2)CC1. The van der Waals surface area contributed by atoms with E-state index < -0.39 is 5.82 Å². The van der Waals surface area contributed by atoms with Crippen LogP contribution in [-0.2, 0) is 6.54 Å². The van der Waals surface area contributed by atoms with E-state index >= 15 is 0 Å². The van der Waals surface area contributed by atoms with Crippen LogP contribution in [0.25, 0.3) is 0 Å². The molecular formula is C27H34FN5O. The van der Waals surface area contributed by atoms with Crippen molar-refractivity contribution in [2.75, 3.05) is 44.2 Å². The molecule has 0 radical (unpaired) electrons. The zero-order valence-electron chi connectivity index (χ0n) is 19.9. The van der Waals surface area contributed by atoms with Crippen LogP contribution in [-0.4, -0.2) is 61.1 Å². The third kappa shape index (κ3) is 6.06. The van der Waals surface area contributed by atoms with Crippen LogP contribution in [0.4, 0.5) is 14.9 Å². The van der Waals surface area contributed by atoms with Crippen molar-refractivity contribution in [3.05, 3.63) is 65.5 Å². The number of hydrogen-bond acceptors (Lipinski definition) is 4. The Morgan fingerprint density at radius 3 is 2.59 bits per heavy atom. The van der Waals surface area contributed by atoms with Gasteiger partial charge in [0.05, 0.1) is 5.56 Å². The number of nitrogens with one attached hydrogen (secondary N) is 1. The lowest BCUT2D eigenvalue weighted by Crippen LogP contribution is -2.56. The molecule has 0 aliphatic carbocycles. The zero-order chi connectivity index (χ0) is 23.9. The molecule has 1 atom stereocenters. The summed E-state index contributed by atoms with van der Waals surface area (Å²) in [5.41, 5.74) is 2.24. The highest BCUT2D eigenvalue weighted by molar-refractivity contribution is 5.75. The average Bonchev–Trinajstić information content (AvgIpc) is 2.86. The van der Waals surface area contributed by atoms with E-state index in [4.69, 9.17) is 5.26 Å². The largest absolute Gasteiger partial charge is 0.368 e. The summed E-state index contributed by atoms with van der Waals surface area (Å²) in [7, 11) is 0. The molecule has 0 saturated carbocycles. The van der Waals surface area contributed by atoms with E-state index in [-0.39, 0.29) is 17.6 Å². The normalized spacial score (nSPS) is 19.6. The van der Waals surface area contributed by atoms with Gasteiger partial charge in [0.2, 0.25) is 0 Å². The van der Waals surface area contributed by atoms with Crippen LogP contribution in [0.5, 0.6) is 0 Å². The smallest absolute Gasteiger partial charge is 0.317 e. The quantitative estimate of drug-likeness (QED) is 0.697. The van der Waals surface area contributed by atoms with Gasteiger partial charge in [-0.15, -0.1) is 0 Å². The summed E-state index contributed by atoms with van der Waals surface area (Å²) in [5.74, 6) is 0.161. The zero-order valence-corrected chi connectivity index (χ0v) is 19.9. The molecule has 0 aromatic heterocycles. The fourth-order valence-electron chi connectivity index (χ4n) is 5.05. The lowest BCUT2D eigenvalue weighted by molar-refractivity contribution is 0.162. The van der Waals surface area contributed by atoms with Gasteiger partial charge in [-0.3, -0.25) is 4.90 Å². The number of carbonyl (C=O) groups excluding carboxylic acids is 1. The van der Waals surface area contributed by atoms with E-state index in [1.807, 2.05) is 17.9 Å². The van der Waals surface area contributed by atoms with E-state index in [2.05, 4.69) is 45.4 Å². The molecule has 7 heteroatoms. The first-order chi connectivity index (χ1) is 16.5. The predicted molar refractivity (Wildman–Crippen MR) is 132 cm³/mol. The van der Waals surface area contributed by atoms with Crippen LogP contribution < -0.4 is 10.2 Å². The van der Waals surface area contributed by atoms with Crippen molar-refractivity contribution in [3.8, 4) is 6.07 Å². The molecule has 1 N–H and O–H groups in total. The minimum absolute atomic E-state index is 0.00881. The van der Waals surface area contributed by atoms with E-state index in [9.17, 15) is 9.18 Å². The van der Waals surface area contributed by atoms with Gasteiger partial charge in [-0.2, -0.15) is 5.26 Å². The third-order valence-electron chi connectivity index (χ3n) is 7.11. The number of amides is 2. The molecule has 180 valence electrons. The molecular weight excluding hydrogens is 429 g/mol. The number of likely N-dealkylation sites (tertiary alicyclic amines) is 1. The highest BCUT2D eigenvalue weighted by Gasteiger charge is 2.28. The maximum Gasteiger partial charge on any atom is 0.317 e. The van der Waals surface area contributed by atoms with E-state index in [1.54, 1.807) is 12.1 Å². The Kier molecular flexibility index (Phi) is 8.02. The van der Waals surface area contributed by atoms with Gasteiger partial charge >= 0.3 is 6.03 Å². The fourth-order valence-corrected chi connectivity index (χ4v) is 5.05. The summed E-state index contributed by atoms with van der Waals surface area (Å²) in [6.07, 6.45) is 3.38. The van der Waals surface area contributed by atoms with Gasteiger partial charge in [-0.25, -0.2) is 9.18 Å². The van der Waals surface area contributed by atoms with Gasteiger partial charge in [-0.1, -0.05) is 30.3 Å². The Hall–Kier alpha value is -3.11. The predicted octanol–water partition coefficient (Wildman–Crippen LogP) is 4.22. The van der Waals surface area contributed by atoms with Gasteiger partial charge < -0.3 is 15.1 Å². The lowest BCUT2D eigenvalue weighted by Gasteiger charge is -2.41. The van der Waals surface area contributed by atoms with Crippen LogP contribution in [0, 0.1) is 23.1 Å². The lowest BCUT2D eigenvalue weighted by atomic mass is 9.93. The Bertz CT molecular complexity index is 1000. The van der Waals surface area contributed by atoms with Gasteiger partial charge in [0.15, 0.2) is 0 Å². The summed E-state index contributed by atoms with van der Waals surface area (Å²) in [4.78, 5) is 19.3. The Morgan fingerprint density at radius 2 is 1.88 bits per heavy atom. The summed E-state index contributed by atoms with van der Waals surface area (Å²) < 4.78 is 13.6. The standard InChI is InChI=1S/C27H34FN5O/c1-21-19-32(25-7-8-26(28)24(17-25)18-29)15-16-33(21)27(34)30-12-9-22-10-13-31(14-11-22)20-23-5-3-2-4-6-23/h2-8,17,21-22H,9-16,19-20H2,1H3,(H,30,34)/t21-/m0/s1. The molecule has 0 bridgehead atoms. The molecule has 6 nitrogen and oxygen atoms in total. The minimum atomic E-state index is -0.501. The molecule has 2 fully saturated rings. The molecule has 0 spiro atoms. The van der Waals surface area contributed by atoms with Gasteiger partial charge in [0.25, 0.3) is 0 Å². The molecule has 2 aromatic carbocycles. The Balaban J connectivity index is 1.17. The number of anilines is 1. The number of nitrogens with zero attached hydrogens (tertiary/aromatic N) is 4. The van der Waals surface area contributed by atoms with Crippen LogP contribution in [0.15, 0.2) is 48.5 Å². The molecule has 34 heavy (non-hydrogen) atoms. The monoisotopic (exact) mass is 463 g/mol. The molecule has 2 amide bonds. The van der Waals surface area contributed by atoms with Crippen molar-refractivity contribution in [2.45, 2.75) is 38.8 Å². The molecule has 2 aliphatic heterocycles. The van der Waals surface area contributed by atoms with Crippen LogP contribution in [0.3, 0.4) is 0 Å². The number of piperidine rings is 1.